The van der Waals surface area contributed by atoms with Gasteiger partial charge in [-0.25, -0.2) is 0 Å². The van der Waals surface area contributed by atoms with Gasteiger partial charge in [0, 0.05) is 24.1 Å². The van der Waals surface area contributed by atoms with Crippen LogP contribution in [-0.2, 0) is 4.79 Å². The van der Waals surface area contributed by atoms with Crippen molar-refractivity contribution in [1.29, 1.82) is 0 Å². The fourth-order valence-electron chi connectivity index (χ4n) is 3.90. The highest BCUT2D eigenvalue weighted by Crippen LogP contribution is 2.38. The topological polar surface area (TPSA) is 29.1 Å². The molecule has 108 valence electrons. The minimum absolute atomic E-state index is 0.135. The number of nitrogens with one attached hydrogen (secondary N) is 1. The van der Waals surface area contributed by atoms with Crippen LogP contribution in [0.5, 0.6) is 0 Å². The van der Waals surface area contributed by atoms with Gasteiger partial charge < -0.3 is 5.32 Å². The Kier molecular flexibility index (Phi) is 4.09. The van der Waals surface area contributed by atoms with Crippen LogP contribution in [0, 0.1) is 11.8 Å². The molecule has 1 N–H and O–H groups in total. The van der Waals surface area contributed by atoms with E-state index in [-0.39, 0.29) is 5.92 Å². The molecule has 0 aromatic heterocycles. The Morgan fingerprint density at radius 2 is 1.90 bits per heavy atom. The second-order valence-corrected chi connectivity index (χ2v) is 6.38. The smallest absolute Gasteiger partial charge is 0.143 e. The Balaban J connectivity index is 1.72. The van der Waals surface area contributed by atoms with Crippen LogP contribution in [0.1, 0.15) is 56.9 Å². The molecule has 20 heavy (non-hydrogen) atoms. The van der Waals surface area contributed by atoms with E-state index in [1.807, 2.05) is 6.07 Å². The Morgan fingerprint density at radius 3 is 2.65 bits per heavy atom. The summed E-state index contributed by atoms with van der Waals surface area (Å²) in [6.45, 7) is 3.20. The average molecular weight is 271 g/mol. The third-order valence-electron chi connectivity index (χ3n) is 5.25. The highest BCUT2D eigenvalue weighted by atomic mass is 16.1. The van der Waals surface area contributed by atoms with Crippen LogP contribution in [0.3, 0.4) is 0 Å². The van der Waals surface area contributed by atoms with Crippen LogP contribution in [0.4, 0.5) is 5.69 Å². The van der Waals surface area contributed by atoms with Crippen molar-refractivity contribution >= 4 is 11.5 Å². The van der Waals surface area contributed by atoms with Gasteiger partial charge in [-0.15, -0.1) is 0 Å². The number of hydrogen-bond donors (Lipinski definition) is 1. The fraction of sp³-hybridized carbons (Fsp3) is 0.611. The van der Waals surface area contributed by atoms with E-state index in [0.29, 0.717) is 11.7 Å². The van der Waals surface area contributed by atoms with Gasteiger partial charge in [-0.3, -0.25) is 4.79 Å². The van der Waals surface area contributed by atoms with Crippen molar-refractivity contribution < 1.29 is 4.79 Å². The molecule has 1 aromatic carbocycles. The van der Waals surface area contributed by atoms with Crippen LogP contribution in [0.15, 0.2) is 24.3 Å². The first kappa shape index (κ1) is 13.7. The molecule has 2 aliphatic rings. The van der Waals surface area contributed by atoms with E-state index < -0.39 is 0 Å². The van der Waals surface area contributed by atoms with E-state index in [2.05, 4.69) is 30.4 Å². The monoisotopic (exact) mass is 271 g/mol. The first-order valence-electron chi connectivity index (χ1n) is 8.16. The molecular weight excluding hydrogens is 246 g/mol. The standard InChI is InChI=1S/C18H25NO/c1-2-13-7-9-14(10-8-13)18(20)16-11-12-19-17-6-4-3-5-15(16)17/h3-6,13-14,16,19H,2,7-12H2,1H3. The van der Waals surface area contributed by atoms with Crippen molar-refractivity contribution in [1.82, 2.24) is 0 Å². The lowest BCUT2D eigenvalue weighted by Gasteiger charge is -2.32. The first-order chi connectivity index (χ1) is 9.79. The Morgan fingerprint density at radius 1 is 1.15 bits per heavy atom. The van der Waals surface area contributed by atoms with Crippen molar-refractivity contribution in [2.75, 3.05) is 11.9 Å². The molecule has 1 aliphatic carbocycles. The summed E-state index contributed by atoms with van der Waals surface area (Å²) in [6.07, 6.45) is 6.96. The van der Waals surface area contributed by atoms with Gasteiger partial charge >= 0.3 is 0 Å². The summed E-state index contributed by atoms with van der Waals surface area (Å²) < 4.78 is 0. The maximum Gasteiger partial charge on any atom is 0.143 e. The quantitative estimate of drug-likeness (QED) is 0.884. The largest absolute Gasteiger partial charge is 0.385 e. The summed E-state index contributed by atoms with van der Waals surface area (Å²) in [7, 11) is 0. The van der Waals surface area contributed by atoms with Crippen molar-refractivity contribution in [3.05, 3.63) is 29.8 Å². The van der Waals surface area contributed by atoms with Crippen LogP contribution >= 0.6 is 0 Å². The average Bonchev–Trinajstić information content (AvgIpc) is 2.54. The van der Waals surface area contributed by atoms with E-state index in [1.165, 1.54) is 30.5 Å². The van der Waals surface area contributed by atoms with Gasteiger partial charge in [0.25, 0.3) is 0 Å². The molecule has 1 unspecified atom stereocenters. The number of carbonyl (C=O) groups excluding carboxylic acids is 1. The first-order valence-corrected chi connectivity index (χ1v) is 8.16. The highest BCUT2D eigenvalue weighted by molar-refractivity contribution is 5.90. The lowest BCUT2D eigenvalue weighted by atomic mass is 9.74. The maximum atomic E-state index is 12.9. The van der Waals surface area contributed by atoms with Crippen molar-refractivity contribution in [3.63, 3.8) is 0 Å². The van der Waals surface area contributed by atoms with E-state index >= 15 is 0 Å². The molecule has 2 heteroatoms. The summed E-state index contributed by atoms with van der Waals surface area (Å²) in [5, 5.41) is 3.41. The second kappa shape index (κ2) is 5.99. The maximum absolute atomic E-state index is 12.9. The Hall–Kier alpha value is -1.31. The van der Waals surface area contributed by atoms with Gasteiger partial charge in [-0.2, -0.15) is 0 Å². The lowest BCUT2D eigenvalue weighted by Crippen LogP contribution is -2.30. The molecule has 0 bridgehead atoms. The normalized spacial score (nSPS) is 29.4. The van der Waals surface area contributed by atoms with Gasteiger partial charge in [-0.05, 0) is 49.7 Å². The number of carbonyl (C=O) groups is 1. The fourth-order valence-corrected chi connectivity index (χ4v) is 3.90. The molecule has 1 fully saturated rings. The van der Waals surface area contributed by atoms with E-state index in [4.69, 9.17) is 0 Å². The predicted octanol–water partition coefficient (Wildman–Crippen LogP) is 4.37. The molecule has 0 amide bonds. The second-order valence-electron chi connectivity index (χ2n) is 6.38. The Bertz CT molecular complexity index is 474. The van der Waals surface area contributed by atoms with Crippen LogP contribution in [0.25, 0.3) is 0 Å². The number of rotatable bonds is 3. The molecule has 1 atom stereocenters. The number of hydrogen-bond acceptors (Lipinski definition) is 2. The number of fused-ring (bicyclic) bond motifs is 1. The lowest BCUT2D eigenvalue weighted by molar-refractivity contribution is -0.125. The molecule has 0 spiro atoms. The molecule has 0 radical (unpaired) electrons. The van der Waals surface area contributed by atoms with E-state index in [0.717, 1.165) is 31.7 Å². The summed E-state index contributed by atoms with van der Waals surface area (Å²) in [5.74, 6) is 1.82. The number of para-hydroxylation sites is 1. The summed E-state index contributed by atoms with van der Waals surface area (Å²) in [5.41, 5.74) is 2.39. The highest BCUT2D eigenvalue weighted by Gasteiger charge is 2.33. The number of Topliss-reactive ketones (excluding diaryl/α,β-unsaturated/α-hetero) is 1. The van der Waals surface area contributed by atoms with Gasteiger partial charge in [0.15, 0.2) is 0 Å². The van der Waals surface area contributed by atoms with Crippen LogP contribution in [0.2, 0.25) is 0 Å². The zero-order valence-corrected chi connectivity index (χ0v) is 12.4. The molecule has 3 rings (SSSR count). The predicted molar refractivity (Wildman–Crippen MR) is 83.0 cm³/mol. The van der Waals surface area contributed by atoms with Crippen LogP contribution < -0.4 is 5.32 Å². The SMILES string of the molecule is CCC1CCC(C(=O)C2CCNc3ccccc32)CC1. The number of benzene rings is 1. The molecule has 1 saturated carbocycles. The number of ketones is 1. The molecule has 1 aromatic rings. The summed E-state index contributed by atoms with van der Waals surface area (Å²) in [6, 6.07) is 8.33. The zero-order valence-electron chi connectivity index (χ0n) is 12.4. The van der Waals surface area contributed by atoms with Crippen molar-refractivity contribution in [2.45, 2.75) is 51.4 Å². The third kappa shape index (κ3) is 2.61. The van der Waals surface area contributed by atoms with Gasteiger partial charge in [0.05, 0.1) is 0 Å². The zero-order chi connectivity index (χ0) is 13.9. The van der Waals surface area contributed by atoms with Crippen molar-refractivity contribution in [3.8, 4) is 0 Å². The minimum Gasteiger partial charge on any atom is -0.385 e. The van der Waals surface area contributed by atoms with Gasteiger partial charge in [0.1, 0.15) is 5.78 Å². The molecular formula is C18H25NO. The number of anilines is 1. The minimum atomic E-state index is 0.135. The summed E-state index contributed by atoms with van der Waals surface area (Å²) in [4.78, 5) is 12.9. The molecule has 1 heterocycles. The van der Waals surface area contributed by atoms with Crippen LogP contribution in [-0.4, -0.2) is 12.3 Å². The van der Waals surface area contributed by atoms with Gasteiger partial charge in [-0.1, -0.05) is 31.5 Å². The molecule has 0 saturated heterocycles. The Labute approximate surface area is 122 Å². The molecule has 1 aliphatic heterocycles. The summed E-state index contributed by atoms with van der Waals surface area (Å²) >= 11 is 0. The van der Waals surface area contributed by atoms with Crippen molar-refractivity contribution in [2.24, 2.45) is 11.8 Å². The van der Waals surface area contributed by atoms with E-state index in [1.54, 1.807) is 0 Å². The third-order valence-corrected chi connectivity index (χ3v) is 5.25. The van der Waals surface area contributed by atoms with E-state index in [9.17, 15) is 4.79 Å². The molecule has 2 nitrogen and oxygen atoms in total. The van der Waals surface area contributed by atoms with Gasteiger partial charge in [0.2, 0.25) is 0 Å².